The third-order valence-electron chi connectivity index (χ3n) is 2.19. The Bertz CT molecular complexity index is 565. The van der Waals surface area contributed by atoms with E-state index in [1.165, 1.54) is 11.3 Å². The molecule has 0 N–H and O–H groups in total. The SMILES string of the molecule is O=C(Cc1ccc(Cl)s1)c1cc(Cl)ccc1Br. The molecule has 0 saturated carbocycles. The lowest BCUT2D eigenvalue weighted by atomic mass is 10.1. The van der Waals surface area contributed by atoms with E-state index >= 15 is 0 Å². The van der Waals surface area contributed by atoms with E-state index in [9.17, 15) is 4.79 Å². The molecule has 0 aliphatic carbocycles. The van der Waals surface area contributed by atoms with Crippen LogP contribution in [0, 0.1) is 0 Å². The fourth-order valence-electron chi connectivity index (χ4n) is 1.41. The van der Waals surface area contributed by atoms with Gasteiger partial charge in [0, 0.05) is 26.4 Å². The quantitative estimate of drug-likeness (QED) is 0.692. The number of benzene rings is 1. The Balaban J connectivity index is 2.22. The second-order valence-electron chi connectivity index (χ2n) is 3.43. The molecule has 2 rings (SSSR count). The molecule has 1 aromatic carbocycles. The first-order chi connectivity index (χ1) is 8.06. The number of hydrogen-bond donors (Lipinski definition) is 0. The van der Waals surface area contributed by atoms with Crippen molar-refractivity contribution < 1.29 is 4.79 Å². The van der Waals surface area contributed by atoms with Crippen LogP contribution in [0.5, 0.6) is 0 Å². The highest BCUT2D eigenvalue weighted by Crippen LogP contribution is 2.26. The zero-order valence-corrected chi connectivity index (χ0v) is 12.5. The predicted octanol–water partition coefficient (Wildman–Crippen LogP) is 5.24. The van der Waals surface area contributed by atoms with Crippen molar-refractivity contribution in [3.05, 3.63) is 54.6 Å². The molecule has 0 unspecified atom stereocenters. The van der Waals surface area contributed by atoms with Crippen molar-refractivity contribution in [3.63, 3.8) is 0 Å². The average molecular weight is 350 g/mol. The van der Waals surface area contributed by atoms with E-state index in [1.54, 1.807) is 24.3 Å². The number of thiophene rings is 1. The van der Waals surface area contributed by atoms with E-state index in [0.29, 0.717) is 21.3 Å². The molecule has 0 radical (unpaired) electrons. The van der Waals surface area contributed by atoms with Crippen LogP contribution in [0.4, 0.5) is 0 Å². The van der Waals surface area contributed by atoms with Gasteiger partial charge >= 0.3 is 0 Å². The Morgan fingerprint density at radius 3 is 2.65 bits per heavy atom. The second-order valence-corrected chi connectivity index (χ2v) is 6.52. The molecule has 5 heteroatoms. The van der Waals surface area contributed by atoms with Crippen LogP contribution < -0.4 is 0 Å². The molecule has 17 heavy (non-hydrogen) atoms. The van der Waals surface area contributed by atoms with Crippen LogP contribution in [-0.4, -0.2) is 5.78 Å². The molecule has 0 fully saturated rings. The van der Waals surface area contributed by atoms with Crippen LogP contribution in [0.2, 0.25) is 9.36 Å². The molecule has 1 heterocycles. The van der Waals surface area contributed by atoms with Crippen LogP contribution in [0.25, 0.3) is 0 Å². The maximum atomic E-state index is 12.1. The van der Waals surface area contributed by atoms with Crippen LogP contribution in [0.15, 0.2) is 34.8 Å². The third-order valence-corrected chi connectivity index (χ3v) is 4.35. The summed E-state index contributed by atoms with van der Waals surface area (Å²) in [4.78, 5) is 13.0. The van der Waals surface area contributed by atoms with Gasteiger partial charge in [-0.25, -0.2) is 0 Å². The van der Waals surface area contributed by atoms with Crippen LogP contribution in [0.1, 0.15) is 15.2 Å². The fraction of sp³-hybridized carbons (Fsp3) is 0.0833. The topological polar surface area (TPSA) is 17.1 Å². The highest BCUT2D eigenvalue weighted by Gasteiger charge is 2.12. The van der Waals surface area contributed by atoms with Crippen molar-refractivity contribution >= 4 is 56.3 Å². The molecular formula is C12H7BrCl2OS. The van der Waals surface area contributed by atoms with Gasteiger partial charge in [-0.05, 0) is 30.3 Å². The van der Waals surface area contributed by atoms with Gasteiger partial charge in [0.25, 0.3) is 0 Å². The molecule has 0 saturated heterocycles. The zero-order chi connectivity index (χ0) is 12.4. The normalized spacial score (nSPS) is 10.5. The smallest absolute Gasteiger partial charge is 0.169 e. The maximum absolute atomic E-state index is 12.1. The predicted molar refractivity (Wildman–Crippen MR) is 76.5 cm³/mol. The van der Waals surface area contributed by atoms with Crippen molar-refractivity contribution in [2.45, 2.75) is 6.42 Å². The Morgan fingerprint density at radius 1 is 1.24 bits per heavy atom. The van der Waals surface area contributed by atoms with Gasteiger partial charge in [0.1, 0.15) is 0 Å². The molecule has 0 amide bonds. The Labute approximate surface area is 121 Å². The molecule has 88 valence electrons. The van der Waals surface area contributed by atoms with Crippen LogP contribution in [-0.2, 0) is 6.42 Å². The number of ketones is 1. The molecule has 0 aliphatic heterocycles. The zero-order valence-electron chi connectivity index (χ0n) is 8.54. The number of carbonyl (C=O) groups excluding carboxylic acids is 1. The average Bonchev–Trinajstić information content (AvgIpc) is 2.67. The van der Waals surface area contributed by atoms with Gasteiger partial charge in [-0.1, -0.05) is 39.1 Å². The summed E-state index contributed by atoms with van der Waals surface area (Å²) < 4.78 is 1.45. The molecule has 0 atom stereocenters. The molecule has 0 bridgehead atoms. The first-order valence-corrected chi connectivity index (χ1v) is 7.15. The van der Waals surface area contributed by atoms with Gasteiger partial charge in [-0.2, -0.15) is 0 Å². The van der Waals surface area contributed by atoms with E-state index in [2.05, 4.69) is 15.9 Å². The molecule has 0 spiro atoms. The summed E-state index contributed by atoms with van der Waals surface area (Å²) in [5.41, 5.74) is 0.599. The number of halogens is 3. The van der Waals surface area contributed by atoms with Crippen molar-refractivity contribution in [2.75, 3.05) is 0 Å². The summed E-state index contributed by atoms with van der Waals surface area (Å²) in [6, 6.07) is 8.84. The van der Waals surface area contributed by atoms with Crippen molar-refractivity contribution in [1.82, 2.24) is 0 Å². The van der Waals surface area contributed by atoms with Gasteiger partial charge in [0.15, 0.2) is 5.78 Å². The maximum Gasteiger partial charge on any atom is 0.169 e. The standard InChI is InChI=1S/C12H7BrCl2OS/c13-10-3-1-7(14)5-9(10)11(16)6-8-2-4-12(15)17-8/h1-5H,6H2. The lowest BCUT2D eigenvalue weighted by molar-refractivity contribution is 0.0993. The fourth-order valence-corrected chi connectivity index (χ4v) is 3.14. The molecule has 1 nitrogen and oxygen atoms in total. The third kappa shape index (κ3) is 3.32. The summed E-state index contributed by atoms with van der Waals surface area (Å²) in [7, 11) is 0. The summed E-state index contributed by atoms with van der Waals surface area (Å²) in [5, 5.41) is 0.556. The molecule has 1 aromatic heterocycles. The number of rotatable bonds is 3. The van der Waals surface area contributed by atoms with Crippen molar-refractivity contribution in [2.24, 2.45) is 0 Å². The lowest BCUT2D eigenvalue weighted by Crippen LogP contribution is -2.03. The molecule has 2 aromatic rings. The summed E-state index contributed by atoms with van der Waals surface area (Å²) in [6.45, 7) is 0. The van der Waals surface area contributed by atoms with Gasteiger partial charge < -0.3 is 0 Å². The van der Waals surface area contributed by atoms with Gasteiger partial charge in [0.2, 0.25) is 0 Å². The minimum absolute atomic E-state index is 0.0258. The monoisotopic (exact) mass is 348 g/mol. The first-order valence-electron chi connectivity index (χ1n) is 4.79. The van der Waals surface area contributed by atoms with E-state index in [0.717, 1.165) is 9.35 Å². The Morgan fingerprint density at radius 2 is 2.00 bits per heavy atom. The van der Waals surface area contributed by atoms with Crippen molar-refractivity contribution in [1.29, 1.82) is 0 Å². The molecular weight excluding hydrogens is 343 g/mol. The van der Waals surface area contributed by atoms with Crippen molar-refractivity contribution in [3.8, 4) is 0 Å². The van der Waals surface area contributed by atoms with E-state index in [1.807, 2.05) is 6.07 Å². The highest BCUT2D eigenvalue weighted by molar-refractivity contribution is 9.10. The lowest BCUT2D eigenvalue weighted by Gasteiger charge is -2.03. The first kappa shape index (κ1) is 13.1. The number of carbonyl (C=O) groups is 1. The molecule has 0 aliphatic rings. The largest absolute Gasteiger partial charge is 0.294 e. The summed E-state index contributed by atoms with van der Waals surface area (Å²) in [5.74, 6) is 0.0258. The summed E-state index contributed by atoms with van der Waals surface area (Å²) >= 11 is 16.5. The number of Topliss-reactive ketones (excluding diaryl/α,β-unsaturated/α-hetero) is 1. The van der Waals surface area contributed by atoms with Gasteiger partial charge in [-0.15, -0.1) is 11.3 Å². The van der Waals surface area contributed by atoms with E-state index < -0.39 is 0 Å². The number of hydrogen-bond acceptors (Lipinski definition) is 2. The van der Waals surface area contributed by atoms with Gasteiger partial charge in [-0.3, -0.25) is 4.79 Å². The Kier molecular flexibility index (Phi) is 4.26. The van der Waals surface area contributed by atoms with Crippen LogP contribution in [0.3, 0.4) is 0 Å². The summed E-state index contributed by atoms with van der Waals surface area (Å²) in [6.07, 6.45) is 0.344. The minimum atomic E-state index is 0.0258. The van der Waals surface area contributed by atoms with Crippen LogP contribution >= 0.6 is 50.5 Å². The minimum Gasteiger partial charge on any atom is -0.294 e. The Hall–Kier alpha value is -0.350. The highest BCUT2D eigenvalue weighted by atomic mass is 79.9. The van der Waals surface area contributed by atoms with Gasteiger partial charge in [0.05, 0.1) is 4.34 Å². The van der Waals surface area contributed by atoms with E-state index in [4.69, 9.17) is 23.2 Å². The van der Waals surface area contributed by atoms with E-state index in [-0.39, 0.29) is 5.78 Å². The second kappa shape index (κ2) is 5.53.